The minimum absolute atomic E-state index is 0.0109. The third-order valence-corrected chi connectivity index (χ3v) is 5.38. The summed E-state index contributed by atoms with van der Waals surface area (Å²) in [5.41, 5.74) is 11.1. The molecule has 0 saturated carbocycles. The van der Waals surface area contributed by atoms with Crippen LogP contribution in [0.1, 0.15) is 10.4 Å². The molecule has 31 heavy (non-hydrogen) atoms. The lowest BCUT2D eigenvalue weighted by Crippen LogP contribution is -2.19. The van der Waals surface area contributed by atoms with Crippen LogP contribution in [0, 0.1) is 5.82 Å². The molecule has 0 spiro atoms. The molecule has 4 N–H and O–H groups in total. The second-order valence-electron chi connectivity index (χ2n) is 7.30. The molecule has 1 aromatic heterocycles. The monoisotopic (exact) mass is 419 g/mol. The second kappa shape index (κ2) is 7.64. The third kappa shape index (κ3) is 3.52. The predicted molar refractivity (Wildman–Crippen MR) is 121 cm³/mol. The largest absolute Gasteiger partial charge is 0.397 e. The number of imidazole rings is 1. The number of hydrogen-bond donors (Lipinski definition) is 3. The molecule has 0 aliphatic carbocycles. The van der Waals surface area contributed by atoms with Crippen LogP contribution in [0.2, 0.25) is 0 Å². The van der Waals surface area contributed by atoms with Crippen molar-refractivity contribution in [2.45, 2.75) is 0 Å². The molecule has 158 valence electrons. The Balaban J connectivity index is 1.63. The summed E-state index contributed by atoms with van der Waals surface area (Å²) in [6, 6.07) is 15.5. The maximum Gasteiger partial charge on any atom is 0.328 e. The zero-order valence-electron chi connectivity index (χ0n) is 17.4. The van der Waals surface area contributed by atoms with Crippen LogP contribution in [0.25, 0.3) is 22.2 Å². The molecule has 4 aromatic rings. The highest BCUT2D eigenvalue weighted by Crippen LogP contribution is 2.30. The molecular weight excluding hydrogens is 397 g/mol. The standard InChI is InChI=1S/C23H22FN5O2/c1-26-22(30)16-7-4-13(10-17(16)24)14-5-8-19(18(25)11-14)27-15-6-9-20-21(12-15)29(3)23(31)28(20)2/h4-12,27H,25H2,1-3H3,(H,26,30). The van der Waals surface area contributed by atoms with Crippen LogP contribution < -0.4 is 22.1 Å². The fourth-order valence-electron chi connectivity index (χ4n) is 3.61. The first kappa shape index (κ1) is 20.2. The quantitative estimate of drug-likeness (QED) is 0.442. The average Bonchev–Trinajstić information content (AvgIpc) is 2.98. The molecule has 1 heterocycles. The van der Waals surface area contributed by atoms with Crippen LogP contribution in [-0.2, 0) is 14.1 Å². The van der Waals surface area contributed by atoms with Gasteiger partial charge in [-0.15, -0.1) is 0 Å². The Labute approximate surface area is 177 Å². The van der Waals surface area contributed by atoms with Crippen molar-refractivity contribution in [3.63, 3.8) is 0 Å². The summed E-state index contributed by atoms with van der Waals surface area (Å²) in [4.78, 5) is 23.8. The summed E-state index contributed by atoms with van der Waals surface area (Å²) in [6.45, 7) is 0. The number of amides is 1. The number of nitrogens with zero attached hydrogens (tertiary/aromatic N) is 2. The van der Waals surface area contributed by atoms with Gasteiger partial charge in [-0.25, -0.2) is 9.18 Å². The molecule has 0 bridgehead atoms. The van der Waals surface area contributed by atoms with E-state index in [0.717, 1.165) is 22.3 Å². The predicted octanol–water partition coefficient (Wildman–Crippen LogP) is 3.37. The van der Waals surface area contributed by atoms with E-state index in [2.05, 4.69) is 10.6 Å². The van der Waals surface area contributed by atoms with Crippen molar-refractivity contribution in [3.8, 4) is 11.1 Å². The summed E-state index contributed by atoms with van der Waals surface area (Å²) in [5, 5.41) is 5.68. The van der Waals surface area contributed by atoms with Crippen LogP contribution in [0.4, 0.5) is 21.5 Å². The van der Waals surface area contributed by atoms with Gasteiger partial charge < -0.3 is 16.4 Å². The Bertz CT molecular complexity index is 1390. The molecule has 0 aliphatic rings. The van der Waals surface area contributed by atoms with E-state index in [4.69, 9.17) is 5.73 Å². The van der Waals surface area contributed by atoms with Gasteiger partial charge in [0.2, 0.25) is 0 Å². The third-order valence-electron chi connectivity index (χ3n) is 5.38. The SMILES string of the molecule is CNC(=O)c1ccc(-c2ccc(Nc3ccc4c(c3)n(C)c(=O)n4C)c(N)c2)cc1F. The van der Waals surface area contributed by atoms with Gasteiger partial charge in [0.25, 0.3) is 5.91 Å². The van der Waals surface area contributed by atoms with Crippen molar-refractivity contribution in [2.75, 3.05) is 18.1 Å². The van der Waals surface area contributed by atoms with Gasteiger partial charge in [-0.1, -0.05) is 12.1 Å². The molecular formula is C23H22FN5O2. The van der Waals surface area contributed by atoms with E-state index in [0.29, 0.717) is 16.9 Å². The van der Waals surface area contributed by atoms with Crippen molar-refractivity contribution in [2.24, 2.45) is 14.1 Å². The number of nitrogens with one attached hydrogen (secondary N) is 2. The smallest absolute Gasteiger partial charge is 0.328 e. The normalized spacial score (nSPS) is 11.0. The number of aryl methyl sites for hydroxylation is 2. The van der Waals surface area contributed by atoms with Gasteiger partial charge in [0.05, 0.1) is 28.0 Å². The van der Waals surface area contributed by atoms with E-state index in [1.807, 2.05) is 30.3 Å². The Hall–Kier alpha value is -4.07. The second-order valence-corrected chi connectivity index (χ2v) is 7.30. The lowest BCUT2D eigenvalue weighted by Gasteiger charge is -2.12. The zero-order valence-corrected chi connectivity index (χ0v) is 17.4. The minimum atomic E-state index is -0.598. The number of nitrogens with two attached hydrogens (primary N) is 1. The molecule has 4 rings (SSSR count). The number of fused-ring (bicyclic) bond motifs is 1. The Morgan fingerprint density at radius 3 is 2.29 bits per heavy atom. The molecule has 0 saturated heterocycles. The van der Waals surface area contributed by atoms with Crippen LogP contribution >= 0.6 is 0 Å². The van der Waals surface area contributed by atoms with Crippen molar-refractivity contribution in [3.05, 3.63) is 76.5 Å². The van der Waals surface area contributed by atoms with Crippen LogP contribution in [0.3, 0.4) is 0 Å². The number of benzene rings is 3. The fourth-order valence-corrected chi connectivity index (χ4v) is 3.61. The number of hydrogen-bond acceptors (Lipinski definition) is 4. The van der Waals surface area contributed by atoms with Gasteiger partial charge in [0.15, 0.2) is 0 Å². The number of carbonyl (C=O) groups is 1. The molecule has 8 heteroatoms. The first-order chi connectivity index (χ1) is 14.8. The Kier molecular flexibility index (Phi) is 4.98. The molecule has 0 unspecified atom stereocenters. The Morgan fingerprint density at radius 1 is 0.935 bits per heavy atom. The van der Waals surface area contributed by atoms with E-state index >= 15 is 0 Å². The number of anilines is 3. The molecule has 0 aliphatic heterocycles. The summed E-state index contributed by atoms with van der Waals surface area (Å²) in [6.07, 6.45) is 0. The van der Waals surface area contributed by atoms with Gasteiger partial charge in [-0.3, -0.25) is 13.9 Å². The molecule has 0 fully saturated rings. The van der Waals surface area contributed by atoms with Crippen LogP contribution in [-0.4, -0.2) is 22.1 Å². The van der Waals surface area contributed by atoms with Gasteiger partial charge in [0.1, 0.15) is 5.82 Å². The molecule has 1 amide bonds. The first-order valence-corrected chi connectivity index (χ1v) is 9.64. The summed E-state index contributed by atoms with van der Waals surface area (Å²) in [7, 11) is 4.92. The topological polar surface area (TPSA) is 94.1 Å². The molecule has 0 radical (unpaired) electrons. The van der Waals surface area contributed by atoms with Gasteiger partial charge in [0, 0.05) is 26.8 Å². The van der Waals surface area contributed by atoms with Gasteiger partial charge in [-0.2, -0.15) is 0 Å². The summed E-state index contributed by atoms with van der Waals surface area (Å²) < 4.78 is 17.5. The van der Waals surface area contributed by atoms with Crippen LogP contribution in [0.15, 0.2) is 59.4 Å². The van der Waals surface area contributed by atoms with Crippen LogP contribution in [0.5, 0.6) is 0 Å². The average molecular weight is 419 g/mol. The highest BCUT2D eigenvalue weighted by molar-refractivity contribution is 5.95. The maximum absolute atomic E-state index is 14.3. The minimum Gasteiger partial charge on any atom is -0.397 e. The zero-order chi connectivity index (χ0) is 22.3. The van der Waals surface area contributed by atoms with Crippen molar-refractivity contribution >= 4 is 34.0 Å². The fraction of sp³-hybridized carbons (Fsp3) is 0.130. The van der Waals surface area contributed by atoms with E-state index in [-0.39, 0.29) is 11.3 Å². The van der Waals surface area contributed by atoms with E-state index < -0.39 is 11.7 Å². The lowest BCUT2D eigenvalue weighted by molar-refractivity contribution is 0.0959. The van der Waals surface area contributed by atoms with Crippen molar-refractivity contribution < 1.29 is 9.18 Å². The lowest BCUT2D eigenvalue weighted by atomic mass is 10.0. The first-order valence-electron chi connectivity index (χ1n) is 9.64. The number of aromatic nitrogens is 2. The van der Waals surface area contributed by atoms with Crippen molar-refractivity contribution in [1.29, 1.82) is 0 Å². The Morgan fingerprint density at radius 2 is 1.61 bits per heavy atom. The highest BCUT2D eigenvalue weighted by atomic mass is 19.1. The van der Waals surface area contributed by atoms with E-state index in [9.17, 15) is 14.0 Å². The number of nitrogen functional groups attached to an aromatic ring is 1. The van der Waals surface area contributed by atoms with E-state index in [1.54, 1.807) is 35.4 Å². The van der Waals surface area contributed by atoms with Crippen molar-refractivity contribution in [1.82, 2.24) is 14.5 Å². The number of halogens is 1. The van der Waals surface area contributed by atoms with E-state index in [1.165, 1.54) is 19.2 Å². The highest BCUT2D eigenvalue weighted by Gasteiger charge is 2.13. The van der Waals surface area contributed by atoms with Gasteiger partial charge >= 0.3 is 5.69 Å². The van der Waals surface area contributed by atoms with Gasteiger partial charge in [-0.05, 0) is 53.6 Å². The number of rotatable bonds is 4. The molecule has 3 aromatic carbocycles. The maximum atomic E-state index is 14.3. The molecule has 7 nitrogen and oxygen atoms in total. The molecule has 0 atom stereocenters. The number of carbonyl (C=O) groups excluding carboxylic acids is 1. The summed E-state index contributed by atoms with van der Waals surface area (Å²) in [5.74, 6) is -1.07. The summed E-state index contributed by atoms with van der Waals surface area (Å²) >= 11 is 0.